The van der Waals surface area contributed by atoms with Crippen LogP contribution in [0.4, 0.5) is 10.5 Å². The summed E-state index contributed by atoms with van der Waals surface area (Å²) >= 11 is 1.84. The van der Waals surface area contributed by atoms with E-state index in [1.54, 1.807) is 0 Å². The predicted molar refractivity (Wildman–Crippen MR) is 112 cm³/mol. The summed E-state index contributed by atoms with van der Waals surface area (Å²) in [7, 11) is 0. The molecule has 1 unspecified atom stereocenters. The van der Waals surface area contributed by atoms with Gasteiger partial charge in [0.15, 0.2) is 0 Å². The van der Waals surface area contributed by atoms with Gasteiger partial charge in [0.05, 0.1) is 0 Å². The van der Waals surface area contributed by atoms with Crippen LogP contribution in [0.3, 0.4) is 0 Å². The molecular formula is C22H29N3OS. The van der Waals surface area contributed by atoms with Gasteiger partial charge >= 0.3 is 6.03 Å². The van der Waals surface area contributed by atoms with Gasteiger partial charge in [-0.1, -0.05) is 32.0 Å². The Morgan fingerprint density at radius 3 is 2.44 bits per heavy atom. The number of piperidine rings is 1. The third-order valence-electron chi connectivity index (χ3n) is 5.97. The number of urea groups is 1. The molecule has 5 heteroatoms. The number of anilines is 1. The van der Waals surface area contributed by atoms with Gasteiger partial charge in [-0.15, -0.1) is 11.3 Å². The number of carbonyl (C=O) groups is 1. The number of amides is 2. The first-order valence-electron chi connectivity index (χ1n) is 10.0. The van der Waals surface area contributed by atoms with E-state index in [1.807, 2.05) is 23.5 Å². The summed E-state index contributed by atoms with van der Waals surface area (Å²) in [5, 5.41) is 8.36. The molecular weight excluding hydrogens is 354 g/mol. The lowest BCUT2D eigenvalue weighted by molar-refractivity contribution is 0.113. The molecule has 27 heavy (non-hydrogen) atoms. The fourth-order valence-electron chi connectivity index (χ4n) is 4.54. The molecule has 0 spiro atoms. The summed E-state index contributed by atoms with van der Waals surface area (Å²) in [6.45, 7) is 5.41. The quantitative estimate of drug-likeness (QED) is 0.746. The highest BCUT2D eigenvalue weighted by molar-refractivity contribution is 7.09. The van der Waals surface area contributed by atoms with E-state index in [0.29, 0.717) is 18.0 Å². The van der Waals surface area contributed by atoms with E-state index < -0.39 is 0 Å². The normalized spacial score (nSPS) is 24.9. The predicted octanol–water partition coefficient (Wildman–Crippen LogP) is 5.19. The second kappa shape index (κ2) is 8.03. The van der Waals surface area contributed by atoms with E-state index in [0.717, 1.165) is 25.1 Å². The number of fused-ring (bicyclic) bond motifs is 2. The molecule has 2 fully saturated rings. The van der Waals surface area contributed by atoms with Crippen LogP contribution in [0, 0.1) is 0 Å². The van der Waals surface area contributed by atoms with Crippen molar-refractivity contribution < 1.29 is 4.79 Å². The fraction of sp³-hybridized carbons (Fsp3) is 0.500. The third kappa shape index (κ3) is 4.36. The number of thiophene rings is 1. The van der Waals surface area contributed by atoms with Crippen LogP contribution >= 0.6 is 11.3 Å². The van der Waals surface area contributed by atoms with Gasteiger partial charge in [-0.2, -0.15) is 0 Å². The number of nitrogens with one attached hydrogen (secondary N) is 2. The van der Waals surface area contributed by atoms with Crippen LogP contribution in [0.2, 0.25) is 0 Å². The van der Waals surface area contributed by atoms with Gasteiger partial charge in [0, 0.05) is 35.2 Å². The molecule has 2 bridgehead atoms. The first-order chi connectivity index (χ1) is 13.1. The zero-order valence-corrected chi connectivity index (χ0v) is 17.0. The maximum Gasteiger partial charge on any atom is 0.319 e. The highest BCUT2D eigenvalue weighted by Gasteiger charge is 2.41. The van der Waals surface area contributed by atoms with Gasteiger partial charge in [0.1, 0.15) is 0 Å². The van der Waals surface area contributed by atoms with E-state index in [4.69, 9.17) is 0 Å². The third-order valence-corrected chi connectivity index (χ3v) is 6.83. The van der Waals surface area contributed by atoms with Crippen molar-refractivity contribution in [3.8, 4) is 0 Å². The van der Waals surface area contributed by atoms with Gasteiger partial charge in [-0.25, -0.2) is 4.79 Å². The molecule has 2 aliphatic rings. The minimum atomic E-state index is -0.0802. The maximum atomic E-state index is 12.4. The second-order valence-corrected chi connectivity index (χ2v) is 9.21. The Morgan fingerprint density at radius 2 is 1.85 bits per heavy atom. The minimum absolute atomic E-state index is 0.0802. The van der Waals surface area contributed by atoms with Crippen LogP contribution in [-0.4, -0.2) is 29.1 Å². The van der Waals surface area contributed by atoms with Crippen molar-refractivity contribution in [3.05, 3.63) is 52.2 Å². The summed E-state index contributed by atoms with van der Waals surface area (Å²) in [6.07, 6.45) is 4.63. The average molecular weight is 384 g/mol. The highest BCUT2D eigenvalue weighted by atomic mass is 32.1. The van der Waals surface area contributed by atoms with Crippen LogP contribution in [0.25, 0.3) is 0 Å². The number of carbonyl (C=O) groups excluding carboxylic acids is 1. The Bertz CT molecular complexity index is 742. The first kappa shape index (κ1) is 18.5. The van der Waals surface area contributed by atoms with Crippen molar-refractivity contribution >= 4 is 23.1 Å². The Kier molecular flexibility index (Phi) is 5.50. The fourth-order valence-corrected chi connectivity index (χ4v) is 5.25. The highest BCUT2D eigenvalue weighted by Crippen LogP contribution is 2.37. The van der Waals surface area contributed by atoms with Crippen LogP contribution in [0.1, 0.15) is 55.9 Å². The van der Waals surface area contributed by atoms with Gasteiger partial charge in [-0.3, -0.25) is 4.90 Å². The van der Waals surface area contributed by atoms with Crippen LogP contribution in [0.15, 0.2) is 41.8 Å². The Morgan fingerprint density at radius 1 is 1.15 bits per heavy atom. The van der Waals surface area contributed by atoms with E-state index in [2.05, 4.69) is 59.0 Å². The molecule has 0 radical (unpaired) electrons. The van der Waals surface area contributed by atoms with Gasteiger partial charge < -0.3 is 10.6 Å². The molecule has 2 amide bonds. The molecule has 2 aliphatic heterocycles. The average Bonchev–Trinajstić information content (AvgIpc) is 3.22. The largest absolute Gasteiger partial charge is 0.335 e. The summed E-state index contributed by atoms with van der Waals surface area (Å²) in [4.78, 5) is 16.5. The Hall–Kier alpha value is -1.85. The first-order valence-corrected chi connectivity index (χ1v) is 10.9. The lowest BCUT2D eigenvalue weighted by atomic mass is 9.97. The van der Waals surface area contributed by atoms with E-state index in [-0.39, 0.29) is 12.1 Å². The van der Waals surface area contributed by atoms with Crippen LogP contribution < -0.4 is 10.6 Å². The summed E-state index contributed by atoms with van der Waals surface area (Å²) in [5.74, 6) is 0.503. The molecule has 1 aromatic heterocycles. The monoisotopic (exact) mass is 383 g/mol. The smallest absolute Gasteiger partial charge is 0.319 e. The summed E-state index contributed by atoms with van der Waals surface area (Å²) < 4.78 is 0. The number of hydrogen-bond donors (Lipinski definition) is 2. The Balaban J connectivity index is 1.30. The van der Waals surface area contributed by atoms with Crippen LogP contribution in [0.5, 0.6) is 0 Å². The van der Waals surface area contributed by atoms with E-state index in [9.17, 15) is 4.79 Å². The maximum absolute atomic E-state index is 12.4. The molecule has 4 nitrogen and oxygen atoms in total. The summed E-state index contributed by atoms with van der Waals surface area (Å²) in [5.41, 5.74) is 2.14. The number of nitrogens with zero attached hydrogens (tertiary/aromatic N) is 1. The minimum Gasteiger partial charge on any atom is -0.335 e. The van der Waals surface area contributed by atoms with E-state index >= 15 is 0 Å². The molecule has 3 heterocycles. The molecule has 0 saturated carbocycles. The van der Waals surface area contributed by atoms with Crippen molar-refractivity contribution in [2.75, 3.05) is 5.32 Å². The molecule has 2 saturated heterocycles. The molecule has 2 aromatic rings. The number of hydrogen-bond acceptors (Lipinski definition) is 3. The Labute approximate surface area is 166 Å². The van der Waals surface area contributed by atoms with Crippen molar-refractivity contribution in [2.45, 2.75) is 70.1 Å². The molecule has 4 rings (SSSR count). The lowest BCUT2D eigenvalue weighted by Crippen LogP contribution is -2.50. The molecule has 2 N–H and O–H groups in total. The van der Waals surface area contributed by atoms with Gasteiger partial charge in [-0.05, 0) is 60.7 Å². The van der Waals surface area contributed by atoms with Crippen LogP contribution in [-0.2, 0) is 6.54 Å². The molecule has 1 aromatic carbocycles. The number of rotatable bonds is 5. The van der Waals surface area contributed by atoms with Crippen molar-refractivity contribution in [1.82, 2.24) is 10.2 Å². The lowest BCUT2D eigenvalue weighted by Gasteiger charge is -2.39. The second-order valence-electron chi connectivity index (χ2n) is 8.18. The summed E-state index contributed by atoms with van der Waals surface area (Å²) in [6, 6.07) is 13.9. The SMILES string of the molecule is CC(C)c1ccc(NC(=O)NC2C[C@H]3CC[C@@H](C2)N3Cc2cccs2)cc1. The zero-order valence-electron chi connectivity index (χ0n) is 16.2. The van der Waals surface area contributed by atoms with Gasteiger partial charge in [0.25, 0.3) is 0 Å². The molecule has 3 atom stereocenters. The molecule has 0 aliphatic carbocycles. The standard InChI is InChI=1S/C22H29N3OS/c1-15(2)16-5-7-17(8-6-16)23-22(26)24-18-12-19-9-10-20(13-18)25(19)14-21-4-3-11-27-21/h3-8,11,15,18-20H,9-10,12-14H2,1-2H3,(H2,23,24,26)/t18?,19-,20+. The van der Waals surface area contributed by atoms with E-state index in [1.165, 1.54) is 23.3 Å². The molecule has 144 valence electrons. The zero-order chi connectivity index (χ0) is 18.8. The van der Waals surface area contributed by atoms with Crippen molar-refractivity contribution in [1.29, 1.82) is 0 Å². The topological polar surface area (TPSA) is 44.4 Å². The van der Waals surface area contributed by atoms with Crippen molar-refractivity contribution in [3.63, 3.8) is 0 Å². The van der Waals surface area contributed by atoms with Crippen molar-refractivity contribution in [2.24, 2.45) is 0 Å². The van der Waals surface area contributed by atoms with Gasteiger partial charge in [0.2, 0.25) is 0 Å². The number of benzene rings is 1.